The molecule has 3 rings (SSSR count). The van der Waals surface area contributed by atoms with Crippen LogP contribution in [-0.2, 0) is 14.3 Å². The van der Waals surface area contributed by atoms with Gasteiger partial charge in [0, 0.05) is 13.1 Å². The van der Waals surface area contributed by atoms with Gasteiger partial charge >= 0.3 is 0 Å². The first-order chi connectivity index (χ1) is 12.0. The SMILES string of the molecule is O=C(CN1C(=O)S/C(=C/c2ccc(O)c(Cl)c2)C1=O)N1CCOCC1. The number of carbonyl (C=O) groups is 3. The van der Waals surface area contributed by atoms with Crippen LogP contribution in [0.15, 0.2) is 23.1 Å². The van der Waals surface area contributed by atoms with Crippen LogP contribution >= 0.6 is 23.4 Å². The number of nitrogens with zero attached hydrogens (tertiary/aromatic N) is 2. The highest BCUT2D eigenvalue weighted by molar-refractivity contribution is 8.18. The molecule has 1 N–H and O–H groups in total. The molecule has 2 saturated heterocycles. The number of hydrogen-bond acceptors (Lipinski definition) is 6. The molecular weight excluding hydrogens is 368 g/mol. The summed E-state index contributed by atoms with van der Waals surface area (Å²) in [4.78, 5) is 39.5. The van der Waals surface area contributed by atoms with Crippen molar-refractivity contribution in [1.29, 1.82) is 0 Å². The van der Waals surface area contributed by atoms with Crippen molar-refractivity contribution in [2.45, 2.75) is 0 Å². The van der Waals surface area contributed by atoms with Crippen molar-refractivity contribution in [3.8, 4) is 5.75 Å². The van der Waals surface area contributed by atoms with E-state index in [1.807, 2.05) is 0 Å². The standard InChI is InChI=1S/C16H15ClN2O5S/c17-11-7-10(1-2-12(11)20)8-13-15(22)19(16(23)25-13)9-14(21)18-3-5-24-6-4-18/h1-2,7-8,20H,3-6,9H2/b13-8+. The molecule has 7 nitrogen and oxygen atoms in total. The number of halogens is 1. The minimum absolute atomic E-state index is 0.0666. The Balaban J connectivity index is 1.72. The van der Waals surface area contributed by atoms with Crippen LogP contribution in [0.3, 0.4) is 0 Å². The number of benzene rings is 1. The van der Waals surface area contributed by atoms with Crippen LogP contribution in [0, 0.1) is 0 Å². The Morgan fingerprint density at radius 2 is 2.04 bits per heavy atom. The predicted molar refractivity (Wildman–Crippen MR) is 93.2 cm³/mol. The van der Waals surface area contributed by atoms with Gasteiger partial charge in [0.1, 0.15) is 12.3 Å². The molecule has 0 saturated carbocycles. The zero-order valence-corrected chi connectivity index (χ0v) is 14.7. The second-order valence-electron chi connectivity index (χ2n) is 5.47. The Morgan fingerprint density at radius 1 is 1.32 bits per heavy atom. The summed E-state index contributed by atoms with van der Waals surface area (Å²) >= 11 is 6.61. The summed E-state index contributed by atoms with van der Waals surface area (Å²) < 4.78 is 5.18. The van der Waals surface area contributed by atoms with Gasteiger partial charge in [-0.15, -0.1) is 0 Å². The number of hydrogen-bond donors (Lipinski definition) is 1. The molecule has 0 spiro atoms. The van der Waals surface area contributed by atoms with Gasteiger partial charge in [-0.25, -0.2) is 0 Å². The zero-order chi connectivity index (χ0) is 18.0. The quantitative estimate of drug-likeness (QED) is 0.804. The van der Waals surface area contributed by atoms with Gasteiger partial charge in [-0.1, -0.05) is 17.7 Å². The Labute approximate surface area is 153 Å². The highest BCUT2D eigenvalue weighted by atomic mass is 35.5. The largest absolute Gasteiger partial charge is 0.506 e. The zero-order valence-electron chi connectivity index (χ0n) is 13.1. The van der Waals surface area contributed by atoms with E-state index in [1.54, 1.807) is 11.0 Å². The molecule has 0 bridgehead atoms. The topological polar surface area (TPSA) is 87.2 Å². The number of ether oxygens (including phenoxy) is 1. The molecular formula is C16H15ClN2O5S. The van der Waals surface area contributed by atoms with Gasteiger partial charge < -0.3 is 14.7 Å². The molecule has 0 unspecified atom stereocenters. The maximum Gasteiger partial charge on any atom is 0.294 e. The van der Waals surface area contributed by atoms with E-state index in [0.717, 1.165) is 16.7 Å². The number of phenols is 1. The molecule has 3 amide bonds. The molecule has 132 valence electrons. The first-order valence-corrected chi connectivity index (χ1v) is 8.74. The van der Waals surface area contributed by atoms with E-state index in [0.29, 0.717) is 31.9 Å². The molecule has 2 fully saturated rings. The van der Waals surface area contributed by atoms with Gasteiger partial charge in [0.2, 0.25) is 5.91 Å². The number of carbonyl (C=O) groups excluding carboxylic acids is 3. The van der Waals surface area contributed by atoms with Gasteiger partial charge in [-0.3, -0.25) is 19.3 Å². The Hall–Kier alpha value is -2.03. The molecule has 0 aromatic heterocycles. The highest BCUT2D eigenvalue weighted by Gasteiger charge is 2.37. The van der Waals surface area contributed by atoms with Crippen LogP contribution in [0.1, 0.15) is 5.56 Å². The Morgan fingerprint density at radius 3 is 2.72 bits per heavy atom. The fourth-order valence-corrected chi connectivity index (χ4v) is 3.48. The third-order valence-corrected chi connectivity index (χ3v) is 5.01. The average molecular weight is 383 g/mol. The van der Waals surface area contributed by atoms with Crippen molar-refractivity contribution >= 4 is 46.5 Å². The fourth-order valence-electron chi connectivity index (χ4n) is 2.45. The minimum atomic E-state index is -0.513. The number of aromatic hydroxyl groups is 1. The van der Waals surface area contributed by atoms with Crippen molar-refractivity contribution in [1.82, 2.24) is 9.80 Å². The van der Waals surface area contributed by atoms with Crippen molar-refractivity contribution in [3.63, 3.8) is 0 Å². The van der Waals surface area contributed by atoms with Gasteiger partial charge in [0.05, 0.1) is 23.1 Å². The van der Waals surface area contributed by atoms with Crippen LogP contribution in [0.2, 0.25) is 5.02 Å². The lowest BCUT2D eigenvalue weighted by atomic mass is 10.2. The molecule has 2 aliphatic heterocycles. The molecule has 2 aliphatic rings. The van der Waals surface area contributed by atoms with Crippen molar-refractivity contribution in [3.05, 3.63) is 33.7 Å². The number of amides is 3. The number of imide groups is 1. The first kappa shape index (κ1) is 17.8. The van der Waals surface area contributed by atoms with Gasteiger partial charge in [-0.2, -0.15) is 0 Å². The predicted octanol–water partition coefficient (Wildman–Crippen LogP) is 1.94. The fraction of sp³-hybridized carbons (Fsp3) is 0.312. The van der Waals surface area contributed by atoms with Crippen LogP contribution in [0.4, 0.5) is 4.79 Å². The molecule has 0 aliphatic carbocycles. The summed E-state index contributed by atoms with van der Waals surface area (Å²) in [5.74, 6) is -0.858. The minimum Gasteiger partial charge on any atom is -0.506 e. The van der Waals surface area contributed by atoms with E-state index in [2.05, 4.69) is 0 Å². The molecule has 0 radical (unpaired) electrons. The number of morpholine rings is 1. The molecule has 1 aromatic carbocycles. The molecule has 25 heavy (non-hydrogen) atoms. The monoisotopic (exact) mass is 382 g/mol. The average Bonchev–Trinajstić information content (AvgIpc) is 2.86. The van der Waals surface area contributed by atoms with Crippen LogP contribution in [0.5, 0.6) is 5.75 Å². The molecule has 1 aromatic rings. The highest BCUT2D eigenvalue weighted by Crippen LogP contribution is 2.33. The Kier molecular flexibility index (Phi) is 5.31. The smallest absolute Gasteiger partial charge is 0.294 e. The van der Waals surface area contributed by atoms with Crippen molar-refractivity contribution < 1.29 is 24.2 Å². The molecule has 0 atom stereocenters. The van der Waals surface area contributed by atoms with E-state index in [4.69, 9.17) is 16.3 Å². The van der Waals surface area contributed by atoms with Crippen molar-refractivity contribution in [2.24, 2.45) is 0 Å². The van der Waals surface area contributed by atoms with E-state index in [1.165, 1.54) is 18.2 Å². The van der Waals surface area contributed by atoms with E-state index in [-0.39, 0.29) is 28.1 Å². The lowest BCUT2D eigenvalue weighted by molar-refractivity contribution is -0.139. The number of thioether (sulfide) groups is 1. The molecule has 9 heteroatoms. The Bertz CT molecular complexity index is 761. The van der Waals surface area contributed by atoms with Crippen LogP contribution in [0.25, 0.3) is 6.08 Å². The normalized spacial score (nSPS) is 19.8. The third-order valence-electron chi connectivity index (χ3n) is 3.80. The summed E-state index contributed by atoms with van der Waals surface area (Å²) in [6.07, 6.45) is 1.51. The van der Waals surface area contributed by atoms with Gasteiger partial charge in [0.15, 0.2) is 0 Å². The van der Waals surface area contributed by atoms with Gasteiger partial charge in [-0.05, 0) is 35.5 Å². The van der Waals surface area contributed by atoms with E-state index >= 15 is 0 Å². The van der Waals surface area contributed by atoms with Crippen molar-refractivity contribution in [2.75, 3.05) is 32.8 Å². The van der Waals surface area contributed by atoms with E-state index in [9.17, 15) is 19.5 Å². The second kappa shape index (κ2) is 7.47. The number of phenolic OH excluding ortho intramolecular Hbond substituents is 1. The third kappa shape index (κ3) is 3.97. The lowest BCUT2D eigenvalue weighted by Gasteiger charge is -2.28. The second-order valence-corrected chi connectivity index (χ2v) is 6.87. The summed E-state index contributed by atoms with van der Waals surface area (Å²) in [6, 6.07) is 4.47. The van der Waals surface area contributed by atoms with E-state index < -0.39 is 11.1 Å². The number of rotatable bonds is 3. The maximum atomic E-state index is 12.4. The lowest BCUT2D eigenvalue weighted by Crippen LogP contribution is -2.46. The molecule has 2 heterocycles. The summed E-state index contributed by atoms with van der Waals surface area (Å²) in [5, 5.41) is 9.09. The van der Waals surface area contributed by atoms with Crippen LogP contribution < -0.4 is 0 Å². The summed E-state index contributed by atoms with van der Waals surface area (Å²) in [7, 11) is 0. The maximum absolute atomic E-state index is 12.4. The summed E-state index contributed by atoms with van der Waals surface area (Å²) in [5.41, 5.74) is 0.577. The van der Waals surface area contributed by atoms with Crippen LogP contribution in [-0.4, -0.2) is 64.8 Å². The summed E-state index contributed by atoms with van der Waals surface area (Å²) in [6.45, 7) is 1.54. The first-order valence-electron chi connectivity index (χ1n) is 7.55. The van der Waals surface area contributed by atoms with Gasteiger partial charge in [0.25, 0.3) is 11.1 Å².